The Balaban J connectivity index is 1.85. The molecule has 0 radical (unpaired) electrons. The lowest BCUT2D eigenvalue weighted by molar-refractivity contribution is -0.141. The zero-order chi connectivity index (χ0) is 22.1. The molecule has 2 aromatic rings. The summed E-state index contributed by atoms with van der Waals surface area (Å²) in [7, 11) is -3.16. The van der Waals surface area contributed by atoms with Crippen LogP contribution >= 0.6 is 0 Å². The summed E-state index contributed by atoms with van der Waals surface area (Å²) < 4.78 is 86.3. The molecule has 1 aromatic carbocycles. The average Bonchev–Trinajstić information content (AvgIpc) is 3.09. The Morgan fingerprint density at radius 1 is 1.33 bits per heavy atom. The molecule has 12 heteroatoms. The van der Waals surface area contributed by atoms with Crippen molar-refractivity contribution in [2.45, 2.75) is 49.3 Å². The number of nitrogens with zero attached hydrogens (tertiary/aromatic N) is 2. The molecule has 0 spiro atoms. The molecular weight excluding hydrogens is 430 g/mol. The number of methoxy groups -OCH3 is 1. The zero-order valence-electron chi connectivity index (χ0n) is 15.9. The number of hydrogen-bond acceptors (Lipinski definition) is 5. The molecular formula is C18H19F4N3O4S. The molecule has 3 rings (SSSR count). The fraction of sp³-hybridized carbons (Fsp3) is 0.444. The number of carbonyl (C=O) groups is 1. The third-order valence-electron chi connectivity index (χ3n) is 4.82. The number of carbonyl (C=O) groups excluding carboxylic acids is 1. The Kier molecular flexibility index (Phi) is 6.18. The van der Waals surface area contributed by atoms with Crippen LogP contribution in [-0.2, 0) is 38.7 Å². The highest BCUT2D eigenvalue weighted by Gasteiger charge is 2.34. The van der Waals surface area contributed by atoms with Crippen molar-refractivity contribution in [1.82, 2.24) is 14.5 Å². The molecule has 1 unspecified atom stereocenters. The van der Waals surface area contributed by atoms with E-state index in [1.165, 1.54) is 13.3 Å². The Labute approximate surface area is 170 Å². The van der Waals surface area contributed by atoms with E-state index in [9.17, 15) is 30.8 Å². The van der Waals surface area contributed by atoms with E-state index in [0.29, 0.717) is 37.0 Å². The molecule has 164 valence electrons. The van der Waals surface area contributed by atoms with Crippen LogP contribution in [0.5, 0.6) is 0 Å². The number of hydrogen-bond donors (Lipinski definition) is 1. The maximum absolute atomic E-state index is 13.6. The summed E-state index contributed by atoms with van der Waals surface area (Å²) in [6.45, 7) is 0.250. The first kappa shape index (κ1) is 22.2. The number of nitrogens with one attached hydrogen (secondary N) is 1. The summed E-state index contributed by atoms with van der Waals surface area (Å²) in [6.07, 6.45) is -1.73. The van der Waals surface area contributed by atoms with Crippen molar-refractivity contribution in [3.8, 4) is 0 Å². The molecule has 0 saturated carbocycles. The molecule has 0 amide bonds. The molecule has 1 N–H and O–H groups in total. The molecule has 0 saturated heterocycles. The van der Waals surface area contributed by atoms with Crippen LogP contribution in [0.15, 0.2) is 29.3 Å². The minimum Gasteiger partial charge on any atom is -0.469 e. The van der Waals surface area contributed by atoms with E-state index in [4.69, 9.17) is 0 Å². The van der Waals surface area contributed by atoms with E-state index >= 15 is 0 Å². The van der Waals surface area contributed by atoms with E-state index in [0.717, 1.165) is 5.69 Å². The maximum atomic E-state index is 13.6. The van der Waals surface area contributed by atoms with Gasteiger partial charge in [-0.15, -0.1) is 0 Å². The monoisotopic (exact) mass is 449 g/mol. The Bertz CT molecular complexity index is 1050. The van der Waals surface area contributed by atoms with Crippen molar-refractivity contribution in [2.24, 2.45) is 0 Å². The number of ether oxygens (including phenoxy) is 1. The Hall–Kier alpha value is -2.47. The zero-order valence-corrected chi connectivity index (χ0v) is 16.7. The molecule has 1 atom stereocenters. The lowest BCUT2D eigenvalue weighted by Gasteiger charge is -2.24. The average molecular weight is 449 g/mol. The van der Waals surface area contributed by atoms with Crippen LogP contribution in [0.4, 0.5) is 17.6 Å². The van der Waals surface area contributed by atoms with Gasteiger partial charge in [0.25, 0.3) is 0 Å². The van der Waals surface area contributed by atoms with E-state index in [2.05, 4.69) is 14.6 Å². The molecule has 7 nitrogen and oxygen atoms in total. The van der Waals surface area contributed by atoms with Crippen molar-refractivity contribution in [3.63, 3.8) is 0 Å². The van der Waals surface area contributed by atoms with Crippen LogP contribution in [0.25, 0.3) is 0 Å². The lowest BCUT2D eigenvalue weighted by atomic mass is 9.94. The molecule has 1 aliphatic rings. The minimum absolute atomic E-state index is 0.0878. The minimum atomic E-state index is -4.88. The lowest BCUT2D eigenvalue weighted by Crippen LogP contribution is -2.31. The van der Waals surface area contributed by atoms with Gasteiger partial charge in [-0.3, -0.25) is 9.48 Å². The molecule has 0 bridgehead atoms. The molecule has 1 aliphatic carbocycles. The predicted molar refractivity (Wildman–Crippen MR) is 96.3 cm³/mol. The van der Waals surface area contributed by atoms with E-state index in [1.54, 1.807) is 4.68 Å². The Morgan fingerprint density at radius 3 is 2.73 bits per heavy atom. The Morgan fingerprint density at radius 2 is 2.07 bits per heavy atom. The highest BCUT2D eigenvalue weighted by Crippen LogP contribution is 2.34. The highest BCUT2D eigenvalue weighted by molar-refractivity contribution is 7.89. The summed E-state index contributed by atoms with van der Waals surface area (Å²) >= 11 is 0. The van der Waals surface area contributed by atoms with Gasteiger partial charge in [0.2, 0.25) is 10.0 Å². The van der Waals surface area contributed by atoms with Crippen LogP contribution in [0.2, 0.25) is 0 Å². The maximum Gasteiger partial charge on any atom is 0.416 e. The van der Waals surface area contributed by atoms with Gasteiger partial charge >= 0.3 is 12.1 Å². The highest BCUT2D eigenvalue weighted by atomic mass is 32.2. The number of benzene rings is 1. The van der Waals surface area contributed by atoms with Crippen LogP contribution < -0.4 is 4.72 Å². The summed E-state index contributed by atoms with van der Waals surface area (Å²) in [5.74, 6) is -1.72. The van der Waals surface area contributed by atoms with Gasteiger partial charge in [0.1, 0.15) is 5.82 Å². The van der Waals surface area contributed by atoms with Crippen molar-refractivity contribution in [3.05, 3.63) is 47.0 Å². The van der Waals surface area contributed by atoms with Gasteiger partial charge in [0, 0.05) is 11.3 Å². The summed E-state index contributed by atoms with van der Waals surface area (Å²) in [5, 5.41) is 4.18. The quantitative estimate of drug-likeness (QED) is 0.541. The van der Waals surface area contributed by atoms with E-state index in [-0.39, 0.29) is 19.0 Å². The predicted octanol–water partition coefficient (Wildman–Crippen LogP) is 2.96. The second kappa shape index (κ2) is 8.34. The second-order valence-electron chi connectivity index (χ2n) is 6.84. The van der Waals surface area contributed by atoms with Crippen molar-refractivity contribution < 1.29 is 35.5 Å². The first-order valence-corrected chi connectivity index (χ1v) is 10.5. The SMILES string of the molecule is COC(=O)CCn1ncc2c1CCCC2NS(=O)(=O)c1cc(F)cc(C(F)(F)F)c1. The third-order valence-corrected chi connectivity index (χ3v) is 6.28. The fourth-order valence-corrected chi connectivity index (χ4v) is 4.68. The van der Waals surface area contributed by atoms with Gasteiger partial charge < -0.3 is 4.74 Å². The number of aryl methyl sites for hydroxylation is 1. The number of fused-ring (bicyclic) bond motifs is 1. The fourth-order valence-electron chi connectivity index (χ4n) is 3.37. The summed E-state index contributed by atoms with van der Waals surface area (Å²) in [5.41, 5.74) is -0.0851. The number of sulfonamides is 1. The standard InChI is InChI=1S/C18H19F4N3O4S/c1-29-17(26)5-6-25-16-4-2-3-15(14(16)10-23-25)24-30(27,28)13-8-11(18(20,21)22)7-12(19)9-13/h7-10,15,24H,2-6H2,1H3. The van der Waals surface area contributed by atoms with Crippen molar-refractivity contribution in [2.75, 3.05) is 7.11 Å². The van der Waals surface area contributed by atoms with Crippen LogP contribution in [0.3, 0.4) is 0 Å². The van der Waals surface area contributed by atoms with Crippen molar-refractivity contribution in [1.29, 1.82) is 0 Å². The summed E-state index contributed by atoms with van der Waals surface area (Å²) in [6, 6.07) is 0.447. The smallest absolute Gasteiger partial charge is 0.416 e. The number of alkyl halides is 3. The molecule has 30 heavy (non-hydrogen) atoms. The largest absolute Gasteiger partial charge is 0.469 e. The van der Waals surface area contributed by atoms with E-state index in [1.807, 2.05) is 0 Å². The molecule has 0 aliphatic heterocycles. The third kappa shape index (κ3) is 4.81. The molecule has 1 heterocycles. The van der Waals surface area contributed by atoms with Gasteiger partial charge in [0.05, 0.1) is 42.8 Å². The van der Waals surface area contributed by atoms with Crippen LogP contribution in [0.1, 0.15) is 42.1 Å². The normalized spacial score (nSPS) is 16.9. The van der Waals surface area contributed by atoms with Crippen molar-refractivity contribution >= 4 is 16.0 Å². The van der Waals surface area contributed by atoms with Gasteiger partial charge in [-0.2, -0.15) is 18.3 Å². The first-order valence-electron chi connectivity index (χ1n) is 9.03. The topological polar surface area (TPSA) is 90.3 Å². The summed E-state index contributed by atoms with van der Waals surface area (Å²) in [4.78, 5) is 10.5. The van der Waals surface area contributed by atoms with Gasteiger partial charge in [-0.25, -0.2) is 17.5 Å². The van der Waals surface area contributed by atoms with Gasteiger partial charge in [-0.05, 0) is 37.5 Å². The number of esters is 1. The van der Waals surface area contributed by atoms with Crippen LogP contribution in [0, 0.1) is 5.82 Å². The number of rotatable bonds is 6. The number of halogens is 4. The van der Waals surface area contributed by atoms with Crippen LogP contribution in [-0.4, -0.2) is 31.3 Å². The van der Waals surface area contributed by atoms with E-state index < -0.39 is 44.5 Å². The van der Waals surface area contributed by atoms with Gasteiger partial charge in [0.15, 0.2) is 0 Å². The molecule has 0 fully saturated rings. The second-order valence-corrected chi connectivity index (χ2v) is 8.55. The number of aromatic nitrogens is 2. The molecule has 1 aromatic heterocycles. The first-order chi connectivity index (χ1) is 14.0. The van der Waals surface area contributed by atoms with Gasteiger partial charge in [-0.1, -0.05) is 0 Å².